The summed E-state index contributed by atoms with van der Waals surface area (Å²) in [4.78, 5) is 11.8. The lowest BCUT2D eigenvalue weighted by Gasteiger charge is -2.05. The van der Waals surface area contributed by atoms with Crippen LogP contribution in [-0.4, -0.2) is 21.7 Å². The number of hydrogen-bond acceptors (Lipinski definition) is 2. The fourth-order valence-corrected chi connectivity index (χ4v) is 1.78. The van der Waals surface area contributed by atoms with Gasteiger partial charge in [-0.3, -0.25) is 4.79 Å². The third kappa shape index (κ3) is 2.98. The van der Waals surface area contributed by atoms with E-state index in [4.69, 9.17) is 0 Å². The van der Waals surface area contributed by atoms with Crippen LogP contribution in [0.4, 0.5) is 0 Å². The van der Waals surface area contributed by atoms with Gasteiger partial charge in [-0.05, 0) is 44.2 Å². The van der Waals surface area contributed by atoms with Crippen LogP contribution in [-0.2, 0) is 0 Å². The van der Waals surface area contributed by atoms with E-state index in [-0.39, 0.29) is 11.9 Å². The minimum atomic E-state index is -0.152. The van der Waals surface area contributed by atoms with Gasteiger partial charge in [0.1, 0.15) is 0 Å². The van der Waals surface area contributed by atoms with E-state index >= 15 is 0 Å². The molecule has 1 aromatic heterocycles. The fraction of sp³-hybridized carbons (Fsp3) is 0.231. The number of halogens is 1. The molecule has 0 aliphatic heterocycles. The number of benzene rings is 1. The Bertz CT molecular complexity index is 546. The van der Waals surface area contributed by atoms with Crippen LogP contribution in [0, 0.1) is 0 Å². The van der Waals surface area contributed by atoms with E-state index in [1.54, 1.807) is 16.9 Å². The summed E-state index contributed by atoms with van der Waals surface area (Å²) in [6.07, 6.45) is 1.78. The molecule has 1 amide bonds. The van der Waals surface area contributed by atoms with Gasteiger partial charge < -0.3 is 5.32 Å². The van der Waals surface area contributed by atoms with Crippen LogP contribution in [0.15, 0.2) is 41.0 Å². The quantitative estimate of drug-likeness (QED) is 0.948. The zero-order chi connectivity index (χ0) is 13.1. The molecule has 94 valence electrons. The number of hydrogen-bond donors (Lipinski definition) is 1. The second kappa shape index (κ2) is 5.35. The van der Waals surface area contributed by atoms with Gasteiger partial charge in [-0.1, -0.05) is 15.9 Å². The van der Waals surface area contributed by atoms with Crippen LogP contribution >= 0.6 is 15.9 Å². The van der Waals surface area contributed by atoms with E-state index in [0.29, 0.717) is 5.69 Å². The van der Waals surface area contributed by atoms with Crippen molar-refractivity contribution in [3.05, 3.63) is 46.7 Å². The number of nitrogens with one attached hydrogen (secondary N) is 1. The van der Waals surface area contributed by atoms with Crippen LogP contribution in [0.3, 0.4) is 0 Å². The number of aromatic nitrogens is 2. The molecule has 0 unspecified atom stereocenters. The van der Waals surface area contributed by atoms with Crippen molar-refractivity contribution in [3.8, 4) is 5.69 Å². The highest BCUT2D eigenvalue weighted by Crippen LogP contribution is 2.13. The molecule has 0 fully saturated rings. The van der Waals surface area contributed by atoms with E-state index in [0.717, 1.165) is 10.2 Å². The highest BCUT2D eigenvalue weighted by atomic mass is 79.9. The van der Waals surface area contributed by atoms with Gasteiger partial charge >= 0.3 is 0 Å². The van der Waals surface area contributed by atoms with Gasteiger partial charge in [0.15, 0.2) is 5.69 Å². The molecular weight excluding hydrogens is 294 g/mol. The molecule has 2 aromatic rings. The van der Waals surface area contributed by atoms with Crippen LogP contribution in [0.25, 0.3) is 5.69 Å². The summed E-state index contributed by atoms with van der Waals surface area (Å²) in [5, 5.41) is 7.06. The molecule has 2 rings (SSSR count). The van der Waals surface area contributed by atoms with Crippen LogP contribution in [0.1, 0.15) is 24.3 Å². The Balaban J connectivity index is 2.20. The molecular formula is C13H14BrN3O. The van der Waals surface area contributed by atoms with Crippen molar-refractivity contribution in [1.29, 1.82) is 0 Å². The zero-order valence-electron chi connectivity index (χ0n) is 10.2. The summed E-state index contributed by atoms with van der Waals surface area (Å²) < 4.78 is 2.69. The summed E-state index contributed by atoms with van der Waals surface area (Å²) in [6.45, 7) is 3.84. The van der Waals surface area contributed by atoms with Crippen molar-refractivity contribution < 1.29 is 4.79 Å². The van der Waals surface area contributed by atoms with Crippen LogP contribution in [0.2, 0.25) is 0 Å². The summed E-state index contributed by atoms with van der Waals surface area (Å²) in [7, 11) is 0. The smallest absolute Gasteiger partial charge is 0.271 e. The van der Waals surface area contributed by atoms with Crippen molar-refractivity contribution in [2.45, 2.75) is 19.9 Å². The number of carbonyl (C=O) groups excluding carboxylic acids is 1. The van der Waals surface area contributed by atoms with Gasteiger partial charge in [0.05, 0.1) is 5.69 Å². The Kier molecular flexibility index (Phi) is 3.81. The number of carbonyl (C=O) groups is 1. The van der Waals surface area contributed by atoms with Crippen molar-refractivity contribution in [1.82, 2.24) is 15.1 Å². The maximum Gasteiger partial charge on any atom is 0.271 e. The predicted octanol–water partition coefficient (Wildman–Crippen LogP) is 2.77. The summed E-state index contributed by atoms with van der Waals surface area (Å²) in [5.41, 5.74) is 1.34. The van der Waals surface area contributed by atoms with Crippen molar-refractivity contribution in [2.24, 2.45) is 0 Å². The first-order valence-corrected chi connectivity index (χ1v) is 6.48. The van der Waals surface area contributed by atoms with E-state index < -0.39 is 0 Å². The summed E-state index contributed by atoms with van der Waals surface area (Å²) in [6, 6.07) is 9.55. The largest absolute Gasteiger partial charge is 0.348 e. The van der Waals surface area contributed by atoms with Crippen LogP contribution < -0.4 is 5.32 Å². The molecule has 0 saturated carbocycles. The molecule has 0 atom stereocenters. The molecule has 1 heterocycles. The molecule has 0 saturated heterocycles. The number of nitrogens with zero attached hydrogens (tertiary/aromatic N) is 2. The van der Waals surface area contributed by atoms with Gasteiger partial charge in [0.25, 0.3) is 5.91 Å². The molecule has 0 aliphatic carbocycles. The van der Waals surface area contributed by atoms with Crippen LogP contribution in [0.5, 0.6) is 0 Å². The predicted molar refractivity (Wildman–Crippen MR) is 73.9 cm³/mol. The van der Waals surface area contributed by atoms with E-state index in [2.05, 4.69) is 26.3 Å². The lowest BCUT2D eigenvalue weighted by molar-refractivity contribution is 0.0937. The molecule has 0 bridgehead atoms. The first kappa shape index (κ1) is 12.8. The van der Waals surface area contributed by atoms with Gasteiger partial charge in [0.2, 0.25) is 0 Å². The molecule has 0 aliphatic rings. The molecule has 1 N–H and O–H groups in total. The third-order valence-electron chi connectivity index (χ3n) is 2.33. The monoisotopic (exact) mass is 307 g/mol. The molecule has 0 radical (unpaired) electrons. The molecule has 5 heteroatoms. The first-order chi connectivity index (χ1) is 8.56. The lowest BCUT2D eigenvalue weighted by Crippen LogP contribution is -2.30. The highest BCUT2D eigenvalue weighted by molar-refractivity contribution is 9.10. The van der Waals surface area contributed by atoms with E-state index in [1.165, 1.54) is 0 Å². The first-order valence-electron chi connectivity index (χ1n) is 5.69. The van der Waals surface area contributed by atoms with Gasteiger partial charge in [-0.25, -0.2) is 4.68 Å². The molecule has 0 spiro atoms. The Labute approximate surface area is 114 Å². The van der Waals surface area contributed by atoms with Gasteiger partial charge in [0, 0.05) is 16.7 Å². The molecule has 1 aromatic carbocycles. The Morgan fingerprint density at radius 2 is 1.94 bits per heavy atom. The van der Waals surface area contributed by atoms with Crippen molar-refractivity contribution in [3.63, 3.8) is 0 Å². The summed E-state index contributed by atoms with van der Waals surface area (Å²) in [5.74, 6) is -0.152. The third-order valence-corrected chi connectivity index (χ3v) is 2.86. The van der Waals surface area contributed by atoms with E-state index in [9.17, 15) is 4.79 Å². The SMILES string of the molecule is CC(C)NC(=O)c1ccn(-c2ccc(Br)cc2)n1. The average molecular weight is 308 g/mol. The maximum absolute atomic E-state index is 11.8. The molecule has 18 heavy (non-hydrogen) atoms. The fourth-order valence-electron chi connectivity index (χ4n) is 1.52. The van der Waals surface area contributed by atoms with Gasteiger partial charge in [-0.2, -0.15) is 5.10 Å². The standard InChI is InChI=1S/C13H14BrN3O/c1-9(2)15-13(18)12-7-8-17(16-12)11-5-3-10(14)4-6-11/h3-9H,1-2H3,(H,15,18). The second-order valence-corrected chi connectivity index (χ2v) is 5.17. The highest BCUT2D eigenvalue weighted by Gasteiger charge is 2.10. The zero-order valence-corrected chi connectivity index (χ0v) is 11.8. The second-order valence-electron chi connectivity index (χ2n) is 4.25. The summed E-state index contributed by atoms with van der Waals surface area (Å²) >= 11 is 3.38. The number of rotatable bonds is 3. The topological polar surface area (TPSA) is 46.9 Å². The molecule has 4 nitrogen and oxygen atoms in total. The maximum atomic E-state index is 11.8. The van der Waals surface area contributed by atoms with Crippen molar-refractivity contribution >= 4 is 21.8 Å². The average Bonchev–Trinajstić information content (AvgIpc) is 2.78. The minimum absolute atomic E-state index is 0.107. The Morgan fingerprint density at radius 1 is 1.28 bits per heavy atom. The normalized spacial score (nSPS) is 10.7. The Hall–Kier alpha value is -1.62. The lowest BCUT2D eigenvalue weighted by atomic mass is 10.3. The minimum Gasteiger partial charge on any atom is -0.348 e. The van der Waals surface area contributed by atoms with Gasteiger partial charge in [-0.15, -0.1) is 0 Å². The number of amides is 1. The van der Waals surface area contributed by atoms with Crippen molar-refractivity contribution in [2.75, 3.05) is 0 Å². The Morgan fingerprint density at radius 3 is 2.56 bits per heavy atom. The van der Waals surface area contributed by atoms with E-state index in [1.807, 2.05) is 38.1 Å².